The van der Waals surface area contributed by atoms with Crippen molar-refractivity contribution in [1.82, 2.24) is 21.3 Å². The van der Waals surface area contributed by atoms with Crippen LogP contribution in [0, 0.1) is 20.0 Å². The van der Waals surface area contributed by atoms with Gasteiger partial charge in [0, 0.05) is 47.2 Å². The summed E-state index contributed by atoms with van der Waals surface area (Å²) >= 11 is 0. The molecule has 1 heterocycles. The van der Waals surface area contributed by atoms with Gasteiger partial charge in [-0.3, -0.25) is 0 Å². The Bertz CT molecular complexity index is 158. The summed E-state index contributed by atoms with van der Waals surface area (Å²) in [7, 11) is 0. The average Bonchev–Trinajstić information content (AvgIpc) is 2.55. The van der Waals surface area contributed by atoms with E-state index in [1.807, 2.05) is 0 Å². The summed E-state index contributed by atoms with van der Waals surface area (Å²) in [5.41, 5.74) is 0. The number of hydrogen-bond acceptors (Lipinski definition) is 4. The molecule has 0 aromatic rings. The Kier molecular flexibility index (Phi) is 50.4. The second kappa shape index (κ2) is 36.7. The van der Waals surface area contributed by atoms with Crippen LogP contribution in [0.1, 0.15) is 12.8 Å². The zero-order valence-corrected chi connectivity index (χ0v) is 14.2. The third-order valence-corrected chi connectivity index (χ3v) is 2.37. The van der Waals surface area contributed by atoms with Gasteiger partial charge in [0.15, 0.2) is 0 Å². The van der Waals surface area contributed by atoms with E-state index in [1.165, 1.54) is 12.8 Å². The van der Waals surface area contributed by atoms with E-state index < -0.39 is 0 Å². The number of hydrogen-bond donors (Lipinski definition) is 4. The van der Waals surface area contributed by atoms with Crippen molar-refractivity contribution in [3.05, 3.63) is 20.0 Å². The van der Waals surface area contributed by atoms with Crippen LogP contribution >= 0.6 is 0 Å². The molecule has 21 heavy (non-hydrogen) atoms. The Morgan fingerprint density at radius 3 is 0.810 bits per heavy atom. The minimum absolute atomic E-state index is 0. The van der Waals surface area contributed by atoms with Crippen LogP contribution in [0.25, 0.3) is 0 Å². The molecule has 1 aliphatic rings. The van der Waals surface area contributed by atoms with Gasteiger partial charge in [0.25, 0.3) is 0 Å². The van der Waals surface area contributed by atoms with Crippen molar-refractivity contribution in [2.24, 2.45) is 0 Å². The van der Waals surface area contributed by atoms with Crippen molar-refractivity contribution in [2.45, 2.75) is 12.8 Å². The van der Waals surface area contributed by atoms with Crippen molar-refractivity contribution in [2.75, 3.05) is 52.4 Å². The Morgan fingerprint density at radius 1 is 0.429 bits per heavy atom. The van der Waals surface area contributed by atoms with E-state index in [2.05, 4.69) is 41.2 Å². The zero-order chi connectivity index (χ0) is 15.9. The standard InChI is InChI=1S/C10H24N4.3CO.Mo/c1-3-11-7-9-13-5-2-6-14-10-8-12-4-1;3*1-2;/h11-14H,1-10H2;;;;. The van der Waals surface area contributed by atoms with Crippen molar-refractivity contribution in [1.29, 1.82) is 0 Å². The molecule has 1 rings (SSSR count). The third-order valence-electron chi connectivity index (χ3n) is 2.37. The molecule has 1 aliphatic heterocycles. The summed E-state index contributed by atoms with van der Waals surface area (Å²) in [5.74, 6) is 0. The number of nitrogens with one attached hydrogen (secondary N) is 4. The molecule has 120 valence electrons. The largest absolute Gasteiger partial charge is 0 e. The monoisotopic (exact) mass is 382 g/mol. The first-order chi connectivity index (χ1) is 10.0. The molecule has 0 radical (unpaired) electrons. The molecule has 0 spiro atoms. The molecule has 0 unspecified atom stereocenters. The van der Waals surface area contributed by atoms with E-state index in [-0.39, 0.29) is 21.1 Å². The van der Waals surface area contributed by atoms with E-state index in [0.29, 0.717) is 0 Å². The fraction of sp³-hybridized carbons (Fsp3) is 0.769. The summed E-state index contributed by atoms with van der Waals surface area (Å²) in [6, 6.07) is 0. The first kappa shape index (κ1) is 28.8. The smallest absolute Gasteiger partial charge is 0 e. The molecular weight excluding hydrogens is 356 g/mol. The van der Waals surface area contributed by atoms with Crippen molar-refractivity contribution in [3.63, 3.8) is 0 Å². The van der Waals surface area contributed by atoms with Crippen LogP contribution in [0.4, 0.5) is 0 Å². The van der Waals surface area contributed by atoms with Crippen LogP contribution < -0.4 is 21.3 Å². The zero-order valence-electron chi connectivity index (χ0n) is 12.2. The summed E-state index contributed by atoms with van der Waals surface area (Å²) < 4.78 is 22.5. The maximum atomic E-state index is 7.50. The van der Waals surface area contributed by atoms with Gasteiger partial charge in [-0.05, 0) is 39.0 Å². The van der Waals surface area contributed by atoms with Crippen molar-refractivity contribution in [3.8, 4) is 0 Å². The third kappa shape index (κ3) is 32.9. The van der Waals surface area contributed by atoms with E-state index in [0.717, 1.165) is 52.4 Å². The van der Waals surface area contributed by atoms with Gasteiger partial charge in [0.2, 0.25) is 0 Å². The van der Waals surface area contributed by atoms with Gasteiger partial charge in [0.1, 0.15) is 0 Å². The van der Waals surface area contributed by atoms with Gasteiger partial charge < -0.3 is 21.3 Å². The normalized spacial score (nSPS) is 16.3. The fourth-order valence-corrected chi connectivity index (χ4v) is 1.53. The van der Waals surface area contributed by atoms with Crippen LogP contribution in [0.2, 0.25) is 0 Å². The van der Waals surface area contributed by atoms with Crippen LogP contribution in [0.3, 0.4) is 0 Å². The Balaban J connectivity index is -0.000000183. The van der Waals surface area contributed by atoms with E-state index in [1.54, 1.807) is 0 Å². The Morgan fingerprint density at radius 2 is 0.619 bits per heavy atom. The van der Waals surface area contributed by atoms with Crippen LogP contribution in [-0.2, 0) is 35.0 Å². The Hall–Kier alpha value is -0.252. The van der Waals surface area contributed by atoms with Gasteiger partial charge in [-0.1, -0.05) is 0 Å². The Labute approximate surface area is 141 Å². The second-order valence-corrected chi connectivity index (χ2v) is 3.71. The summed E-state index contributed by atoms with van der Waals surface area (Å²) in [6.45, 7) is 22.4. The number of rotatable bonds is 0. The minimum atomic E-state index is 0. The van der Waals surface area contributed by atoms with Crippen LogP contribution in [0.5, 0.6) is 0 Å². The molecule has 0 bridgehead atoms. The van der Waals surface area contributed by atoms with Gasteiger partial charge in [-0.2, -0.15) is 0 Å². The molecular formula is C13H24MoN4O3. The second-order valence-electron chi connectivity index (χ2n) is 3.71. The molecule has 0 atom stereocenters. The van der Waals surface area contributed by atoms with Crippen molar-refractivity contribution < 1.29 is 35.0 Å². The predicted octanol–water partition coefficient (Wildman–Crippen LogP) is -0.976. The molecule has 0 saturated carbocycles. The molecule has 0 amide bonds. The van der Waals surface area contributed by atoms with Gasteiger partial charge in [-0.15, -0.1) is 0 Å². The van der Waals surface area contributed by atoms with Gasteiger partial charge in [-0.25, -0.2) is 0 Å². The maximum Gasteiger partial charge on any atom is 0 e. The topological polar surface area (TPSA) is 108 Å². The molecule has 8 heteroatoms. The molecule has 1 fully saturated rings. The minimum Gasteiger partial charge on any atom is 0 e. The first-order valence-corrected chi connectivity index (χ1v) is 6.44. The summed E-state index contributed by atoms with van der Waals surface area (Å²) in [6.07, 6.45) is 2.44. The SMILES string of the molecule is C1CNCCNCCCNCCNC1.[C-]#[O+].[C-]#[O+].[C-]#[O+].[Mo]. The van der Waals surface area contributed by atoms with Gasteiger partial charge in [0.05, 0.1) is 0 Å². The molecule has 1 saturated heterocycles. The molecule has 4 N–H and O–H groups in total. The predicted molar refractivity (Wildman–Crippen MR) is 72.5 cm³/mol. The van der Waals surface area contributed by atoms with E-state index in [9.17, 15) is 0 Å². The van der Waals surface area contributed by atoms with Crippen LogP contribution in [-0.4, -0.2) is 52.4 Å². The maximum absolute atomic E-state index is 7.50. The van der Waals surface area contributed by atoms with Crippen LogP contribution in [0.15, 0.2) is 0 Å². The molecule has 7 nitrogen and oxygen atoms in total. The quantitative estimate of drug-likeness (QED) is 0.246. The summed E-state index contributed by atoms with van der Waals surface area (Å²) in [4.78, 5) is 0. The molecule has 0 aromatic carbocycles. The average molecular weight is 380 g/mol. The fourth-order valence-electron chi connectivity index (χ4n) is 1.53. The van der Waals surface area contributed by atoms with E-state index >= 15 is 0 Å². The van der Waals surface area contributed by atoms with Crippen molar-refractivity contribution >= 4 is 0 Å². The van der Waals surface area contributed by atoms with Gasteiger partial charge >= 0.3 is 33.9 Å². The molecule has 0 aliphatic carbocycles. The molecule has 0 aromatic heterocycles. The summed E-state index contributed by atoms with van der Waals surface area (Å²) in [5, 5.41) is 13.7. The first-order valence-electron chi connectivity index (χ1n) is 6.44. The van der Waals surface area contributed by atoms with E-state index in [4.69, 9.17) is 14.0 Å².